The van der Waals surface area contributed by atoms with Crippen molar-refractivity contribution in [2.45, 2.75) is 51.2 Å². The Labute approximate surface area is 154 Å². The number of carbonyl (C=O) groups excluding carboxylic acids is 2. The van der Waals surface area contributed by atoms with Crippen molar-refractivity contribution in [1.29, 1.82) is 5.26 Å². The Kier molecular flexibility index (Phi) is 5.17. The Bertz CT molecular complexity index is 732. The highest BCUT2D eigenvalue weighted by molar-refractivity contribution is 5.96. The summed E-state index contributed by atoms with van der Waals surface area (Å²) in [5, 5.41) is 9.20. The lowest BCUT2D eigenvalue weighted by molar-refractivity contribution is 0.00306. The van der Waals surface area contributed by atoms with Gasteiger partial charge in [0.05, 0.1) is 23.7 Å². The van der Waals surface area contributed by atoms with Gasteiger partial charge in [-0.25, -0.2) is 4.79 Å². The number of rotatable bonds is 4. The van der Waals surface area contributed by atoms with Crippen molar-refractivity contribution >= 4 is 12.0 Å². The highest BCUT2D eigenvalue weighted by atomic mass is 16.6. The van der Waals surface area contributed by atoms with Gasteiger partial charge in [-0.3, -0.25) is 4.79 Å². The van der Waals surface area contributed by atoms with Gasteiger partial charge in [0.2, 0.25) is 0 Å². The molecule has 2 aliphatic rings. The molecule has 2 saturated heterocycles. The van der Waals surface area contributed by atoms with Crippen molar-refractivity contribution in [3.8, 4) is 6.07 Å². The fourth-order valence-corrected chi connectivity index (χ4v) is 3.88. The van der Waals surface area contributed by atoms with Crippen molar-refractivity contribution in [3.05, 3.63) is 35.4 Å². The van der Waals surface area contributed by atoms with E-state index in [9.17, 15) is 14.9 Å². The monoisotopic (exact) mass is 355 g/mol. The minimum atomic E-state index is -0.482. The molecule has 2 amide bonds. The smallest absolute Gasteiger partial charge is 0.410 e. The second-order valence-electron chi connectivity index (χ2n) is 7.27. The van der Waals surface area contributed by atoms with E-state index in [1.54, 1.807) is 29.2 Å². The SMILES string of the molecule is CCC[C@@H](C)N1CC2(CCN(C(=O)c3ccccc3C#N)CC2)OC1=O. The summed E-state index contributed by atoms with van der Waals surface area (Å²) in [7, 11) is 0. The van der Waals surface area contributed by atoms with Crippen molar-refractivity contribution in [2.24, 2.45) is 0 Å². The summed E-state index contributed by atoms with van der Waals surface area (Å²) in [6.45, 7) is 5.83. The zero-order valence-electron chi connectivity index (χ0n) is 15.4. The Morgan fingerprint density at radius 2 is 2.04 bits per heavy atom. The van der Waals surface area contributed by atoms with Crippen LogP contribution in [0.3, 0.4) is 0 Å². The standard InChI is InChI=1S/C20H25N3O3/c1-3-6-15(2)23-14-20(26-19(23)25)9-11-22(12-10-20)18(24)17-8-5-4-7-16(17)13-21/h4-5,7-8,15H,3,6,9-12,14H2,1-2H3/t15-/m1/s1. The largest absolute Gasteiger partial charge is 0.441 e. The molecule has 26 heavy (non-hydrogen) atoms. The Hall–Kier alpha value is -2.55. The third kappa shape index (κ3) is 3.39. The summed E-state index contributed by atoms with van der Waals surface area (Å²) in [4.78, 5) is 28.6. The lowest BCUT2D eigenvalue weighted by Crippen LogP contribution is -2.49. The van der Waals surface area contributed by atoms with Crippen LogP contribution in [0.15, 0.2) is 24.3 Å². The van der Waals surface area contributed by atoms with E-state index in [4.69, 9.17) is 4.74 Å². The van der Waals surface area contributed by atoms with E-state index in [0.717, 1.165) is 12.8 Å². The molecule has 2 aliphatic heterocycles. The van der Waals surface area contributed by atoms with Gasteiger partial charge in [0, 0.05) is 32.0 Å². The number of piperidine rings is 1. The molecule has 2 heterocycles. The van der Waals surface area contributed by atoms with E-state index in [2.05, 4.69) is 19.9 Å². The molecular formula is C20H25N3O3. The number of hydrogen-bond acceptors (Lipinski definition) is 4. The van der Waals surface area contributed by atoms with Crippen molar-refractivity contribution < 1.29 is 14.3 Å². The van der Waals surface area contributed by atoms with Gasteiger partial charge in [0.15, 0.2) is 0 Å². The van der Waals surface area contributed by atoms with E-state index in [1.807, 2.05) is 4.90 Å². The minimum Gasteiger partial charge on any atom is -0.441 e. The van der Waals surface area contributed by atoms with E-state index < -0.39 is 5.60 Å². The number of carbonyl (C=O) groups is 2. The highest BCUT2D eigenvalue weighted by Gasteiger charge is 2.48. The molecule has 1 atom stereocenters. The lowest BCUT2D eigenvalue weighted by Gasteiger charge is -2.37. The first-order valence-corrected chi connectivity index (χ1v) is 9.27. The van der Waals surface area contributed by atoms with Gasteiger partial charge in [-0.2, -0.15) is 5.26 Å². The normalized spacial score (nSPS) is 20.0. The fraction of sp³-hybridized carbons (Fsp3) is 0.550. The van der Waals surface area contributed by atoms with Crippen LogP contribution in [0, 0.1) is 11.3 Å². The summed E-state index contributed by atoms with van der Waals surface area (Å²) in [6.07, 6.45) is 3.02. The lowest BCUT2D eigenvalue weighted by atomic mass is 9.90. The molecule has 0 N–H and O–H groups in total. The van der Waals surface area contributed by atoms with Crippen LogP contribution < -0.4 is 0 Å². The maximum Gasteiger partial charge on any atom is 0.410 e. The van der Waals surface area contributed by atoms with Gasteiger partial charge in [0.1, 0.15) is 5.60 Å². The van der Waals surface area contributed by atoms with Crippen LogP contribution in [0.4, 0.5) is 4.79 Å². The van der Waals surface area contributed by atoms with Crippen molar-refractivity contribution in [3.63, 3.8) is 0 Å². The van der Waals surface area contributed by atoms with Crippen LogP contribution in [0.2, 0.25) is 0 Å². The average Bonchev–Trinajstić information content (AvgIpc) is 2.98. The molecule has 0 bridgehead atoms. The Balaban J connectivity index is 1.65. The van der Waals surface area contributed by atoms with E-state index in [0.29, 0.717) is 43.6 Å². The van der Waals surface area contributed by atoms with Gasteiger partial charge in [-0.15, -0.1) is 0 Å². The number of nitriles is 1. The molecule has 138 valence electrons. The molecule has 0 aliphatic carbocycles. The maximum absolute atomic E-state index is 12.8. The first kappa shape index (κ1) is 18.2. The summed E-state index contributed by atoms with van der Waals surface area (Å²) in [5.41, 5.74) is 0.349. The number of nitrogens with zero attached hydrogens (tertiary/aromatic N) is 3. The predicted octanol–water partition coefficient (Wildman–Crippen LogP) is 3.17. The molecule has 1 aromatic carbocycles. The molecule has 0 unspecified atom stereocenters. The van der Waals surface area contributed by atoms with Crippen LogP contribution in [0.25, 0.3) is 0 Å². The van der Waals surface area contributed by atoms with Gasteiger partial charge < -0.3 is 14.5 Å². The van der Waals surface area contributed by atoms with Gasteiger partial charge >= 0.3 is 6.09 Å². The van der Waals surface area contributed by atoms with Gasteiger partial charge in [-0.1, -0.05) is 25.5 Å². The van der Waals surface area contributed by atoms with E-state index in [-0.39, 0.29) is 18.0 Å². The molecule has 2 fully saturated rings. The minimum absolute atomic E-state index is 0.127. The molecular weight excluding hydrogens is 330 g/mol. The Morgan fingerprint density at radius 3 is 2.69 bits per heavy atom. The highest BCUT2D eigenvalue weighted by Crippen LogP contribution is 2.35. The second kappa shape index (κ2) is 7.36. The first-order valence-electron chi connectivity index (χ1n) is 9.27. The van der Waals surface area contributed by atoms with Crippen LogP contribution in [-0.2, 0) is 4.74 Å². The molecule has 6 heteroatoms. The molecule has 1 aromatic rings. The molecule has 3 rings (SSSR count). The zero-order chi connectivity index (χ0) is 18.7. The number of amides is 2. The quantitative estimate of drug-likeness (QED) is 0.831. The third-order valence-corrected chi connectivity index (χ3v) is 5.48. The number of likely N-dealkylation sites (tertiary alicyclic amines) is 1. The summed E-state index contributed by atoms with van der Waals surface area (Å²) < 4.78 is 5.75. The fourth-order valence-electron chi connectivity index (χ4n) is 3.88. The van der Waals surface area contributed by atoms with Gasteiger partial charge in [-0.05, 0) is 25.5 Å². The van der Waals surface area contributed by atoms with E-state index in [1.165, 1.54) is 0 Å². The molecule has 6 nitrogen and oxygen atoms in total. The Morgan fingerprint density at radius 1 is 1.35 bits per heavy atom. The molecule has 0 radical (unpaired) electrons. The van der Waals surface area contributed by atoms with Crippen molar-refractivity contribution in [2.75, 3.05) is 19.6 Å². The molecule has 1 spiro atoms. The van der Waals surface area contributed by atoms with Crippen LogP contribution in [-0.4, -0.2) is 53.1 Å². The molecule has 0 aromatic heterocycles. The number of benzene rings is 1. The third-order valence-electron chi connectivity index (χ3n) is 5.48. The van der Waals surface area contributed by atoms with E-state index >= 15 is 0 Å². The first-order chi connectivity index (χ1) is 12.5. The van der Waals surface area contributed by atoms with Crippen LogP contribution in [0.5, 0.6) is 0 Å². The number of hydrogen-bond donors (Lipinski definition) is 0. The summed E-state index contributed by atoms with van der Waals surface area (Å²) in [5.74, 6) is -0.127. The number of ether oxygens (including phenoxy) is 1. The second-order valence-corrected chi connectivity index (χ2v) is 7.27. The summed E-state index contributed by atoms with van der Waals surface area (Å²) >= 11 is 0. The van der Waals surface area contributed by atoms with Crippen LogP contribution >= 0.6 is 0 Å². The molecule has 0 saturated carbocycles. The van der Waals surface area contributed by atoms with Crippen molar-refractivity contribution in [1.82, 2.24) is 9.80 Å². The zero-order valence-corrected chi connectivity index (χ0v) is 15.4. The average molecular weight is 355 g/mol. The van der Waals surface area contributed by atoms with Crippen LogP contribution in [0.1, 0.15) is 55.5 Å². The maximum atomic E-state index is 12.8. The topological polar surface area (TPSA) is 73.6 Å². The summed E-state index contributed by atoms with van der Waals surface area (Å²) in [6, 6.07) is 9.12. The predicted molar refractivity (Wildman–Crippen MR) is 96.6 cm³/mol. The van der Waals surface area contributed by atoms with Gasteiger partial charge in [0.25, 0.3) is 5.91 Å².